The normalized spacial score (nSPS) is 35.2. The first-order valence-corrected chi connectivity index (χ1v) is 8.48. The maximum absolute atomic E-state index is 6.24. The zero-order valence-electron chi connectivity index (χ0n) is 13.2. The number of likely N-dealkylation sites (N-methyl/N-ethyl adjacent to an activating group) is 1. The maximum Gasteiger partial charge on any atom is 0.0707 e. The van der Waals surface area contributed by atoms with Crippen LogP contribution in [0.15, 0.2) is 0 Å². The predicted octanol–water partition coefficient (Wildman–Crippen LogP) is 1.31. The van der Waals surface area contributed by atoms with Crippen molar-refractivity contribution in [1.29, 1.82) is 0 Å². The largest absolute Gasteiger partial charge is 0.372 e. The fourth-order valence-corrected chi connectivity index (χ4v) is 3.68. The van der Waals surface area contributed by atoms with Crippen molar-refractivity contribution in [2.24, 2.45) is 0 Å². The third-order valence-corrected chi connectivity index (χ3v) is 4.92. The zero-order valence-corrected chi connectivity index (χ0v) is 13.2. The molecule has 0 bridgehead atoms. The number of ether oxygens (including phenoxy) is 1. The Labute approximate surface area is 123 Å². The van der Waals surface area contributed by atoms with Gasteiger partial charge in [0.25, 0.3) is 0 Å². The lowest BCUT2D eigenvalue weighted by atomic mass is 10.1. The Kier molecular flexibility index (Phi) is 4.97. The molecule has 1 N–H and O–H groups in total. The lowest BCUT2D eigenvalue weighted by molar-refractivity contribution is 0.0190. The molecule has 0 spiro atoms. The molecule has 1 saturated carbocycles. The quantitative estimate of drug-likeness (QED) is 0.761. The van der Waals surface area contributed by atoms with Gasteiger partial charge in [-0.3, -0.25) is 4.90 Å². The zero-order chi connectivity index (χ0) is 13.9. The fraction of sp³-hybridized carbons (Fsp3) is 1.00. The van der Waals surface area contributed by atoms with E-state index in [0.29, 0.717) is 12.2 Å². The third kappa shape index (κ3) is 4.17. The van der Waals surface area contributed by atoms with E-state index in [1.807, 2.05) is 0 Å². The number of hydrogen-bond acceptors (Lipinski definition) is 4. The van der Waals surface area contributed by atoms with E-state index in [9.17, 15) is 0 Å². The molecule has 2 aliphatic heterocycles. The van der Waals surface area contributed by atoms with Crippen molar-refractivity contribution < 1.29 is 4.74 Å². The Morgan fingerprint density at radius 1 is 1.10 bits per heavy atom. The average Bonchev–Trinajstić information content (AvgIpc) is 2.98. The summed E-state index contributed by atoms with van der Waals surface area (Å²) >= 11 is 0. The number of likely N-dealkylation sites (tertiary alicyclic amines) is 1. The highest BCUT2D eigenvalue weighted by atomic mass is 16.5. The highest BCUT2D eigenvalue weighted by molar-refractivity contribution is 4.87. The minimum Gasteiger partial charge on any atom is -0.372 e. The van der Waals surface area contributed by atoms with Gasteiger partial charge in [-0.1, -0.05) is 0 Å². The molecular weight excluding hydrogens is 250 g/mol. The highest BCUT2D eigenvalue weighted by Gasteiger charge is 2.32. The minimum absolute atomic E-state index is 0.468. The molecule has 3 rings (SSSR count). The summed E-state index contributed by atoms with van der Waals surface area (Å²) in [4.78, 5) is 4.99. The molecule has 2 heterocycles. The van der Waals surface area contributed by atoms with Crippen LogP contribution < -0.4 is 5.32 Å². The average molecular weight is 281 g/mol. The van der Waals surface area contributed by atoms with E-state index in [1.54, 1.807) is 0 Å². The van der Waals surface area contributed by atoms with E-state index >= 15 is 0 Å². The van der Waals surface area contributed by atoms with Crippen molar-refractivity contribution in [3.8, 4) is 0 Å². The first-order chi connectivity index (χ1) is 9.70. The van der Waals surface area contributed by atoms with Gasteiger partial charge in [0.05, 0.1) is 12.2 Å². The smallest absolute Gasteiger partial charge is 0.0707 e. The van der Waals surface area contributed by atoms with Gasteiger partial charge in [0.2, 0.25) is 0 Å². The molecule has 3 unspecified atom stereocenters. The number of hydrogen-bond donors (Lipinski definition) is 1. The van der Waals surface area contributed by atoms with Crippen LogP contribution in [0.4, 0.5) is 0 Å². The van der Waals surface area contributed by atoms with Crippen LogP contribution >= 0.6 is 0 Å². The van der Waals surface area contributed by atoms with Gasteiger partial charge in [0.1, 0.15) is 0 Å². The summed E-state index contributed by atoms with van der Waals surface area (Å²) in [7, 11) is 4.37. The Morgan fingerprint density at radius 2 is 1.90 bits per heavy atom. The van der Waals surface area contributed by atoms with Gasteiger partial charge in [-0.15, -0.1) is 0 Å². The molecule has 0 aromatic carbocycles. The highest BCUT2D eigenvalue weighted by Crippen LogP contribution is 2.25. The molecule has 3 fully saturated rings. The number of rotatable bonds is 7. The van der Waals surface area contributed by atoms with Crippen LogP contribution in [0.1, 0.15) is 38.5 Å². The second-order valence-corrected chi connectivity index (χ2v) is 7.19. The van der Waals surface area contributed by atoms with Gasteiger partial charge >= 0.3 is 0 Å². The van der Waals surface area contributed by atoms with E-state index in [1.165, 1.54) is 51.6 Å². The van der Waals surface area contributed by atoms with E-state index < -0.39 is 0 Å². The van der Waals surface area contributed by atoms with E-state index in [2.05, 4.69) is 29.2 Å². The summed E-state index contributed by atoms with van der Waals surface area (Å²) in [6, 6.07) is 1.55. The summed E-state index contributed by atoms with van der Waals surface area (Å²) in [6.07, 6.45) is 8.90. The second-order valence-electron chi connectivity index (χ2n) is 7.19. The molecule has 3 atom stereocenters. The summed E-state index contributed by atoms with van der Waals surface area (Å²) in [5, 5.41) is 3.60. The van der Waals surface area contributed by atoms with Gasteiger partial charge in [-0.05, 0) is 59.2 Å². The van der Waals surface area contributed by atoms with Crippen LogP contribution in [0.25, 0.3) is 0 Å². The van der Waals surface area contributed by atoms with Crippen molar-refractivity contribution in [3.63, 3.8) is 0 Å². The number of nitrogens with zero attached hydrogens (tertiary/aromatic N) is 2. The Bertz CT molecular complexity index is 306. The summed E-state index contributed by atoms with van der Waals surface area (Å²) < 4.78 is 6.24. The first-order valence-electron chi connectivity index (χ1n) is 8.48. The molecule has 3 aliphatic rings. The van der Waals surface area contributed by atoms with Gasteiger partial charge < -0.3 is 15.0 Å². The van der Waals surface area contributed by atoms with E-state index in [4.69, 9.17) is 4.74 Å². The predicted molar refractivity (Wildman–Crippen MR) is 82.1 cm³/mol. The topological polar surface area (TPSA) is 27.7 Å². The van der Waals surface area contributed by atoms with Gasteiger partial charge in [0, 0.05) is 31.7 Å². The Morgan fingerprint density at radius 3 is 2.65 bits per heavy atom. The lowest BCUT2D eigenvalue weighted by Gasteiger charge is -2.29. The molecule has 0 amide bonds. The molecule has 4 nitrogen and oxygen atoms in total. The number of nitrogens with one attached hydrogen (secondary N) is 1. The maximum atomic E-state index is 6.24. The van der Waals surface area contributed by atoms with Crippen molar-refractivity contribution in [2.75, 3.05) is 40.3 Å². The van der Waals surface area contributed by atoms with Crippen molar-refractivity contribution >= 4 is 0 Å². The van der Waals surface area contributed by atoms with E-state index in [0.717, 1.165) is 25.2 Å². The Hall–Kier alpha value is -0.160. The monoisotopic (exact) mass is 281 g/mol. The second kappa shape index (κ2) is 6.73. The molecule has 4 heteroatoms. The SMILES string of the molecule is CN(C)CC1CCCN1CC1CCC(CNC2CC2)O1. The fourth-order valence-electron chi connectivity index (χ4n) is 3.68. The lowest BCUT2D eigenvalue weighted by Crippen LogP contribution is -2.41. The van der Waals surface area contributed by atoms with Gasteiger partial charge in [0.15, 0.2) is 0 Å². The van der Waals surface area contributed by atoms with Crippen LogP contribution in [0, 0.1) is 0 Å². The van der Waals surface area contributed by atoms with Crippen LogP contribution in [0.3, 0.4) is 0 Å². The van der Waals surface area contributed by atoms with Crippen LogP contribution in [0.5, 0.6) is 0 Å². The standard InChI is InChI=1S/C16H31N3O/c1-18(2)11-14-4-3-9-19(14)12-16-8-7-15(20-16)10-17-13-5-6-13/h13-17H,3-12H2,1-2H3. The summed E-state index contributed by atoms with van der Waals surface area (Å²) in [5.74, 6) is 0. The van der Waals surface area contributed by atoms with Crippen LogP contribution in [-0.2, 0) is 4.74 Å². The minimum atomic E-state index is 0.468. The van der Waals surface area contributed by atoms with Crippen molar-refractivity contribution in [3.05, 3.63) is 0 Å². The van der Waals surface area contributed by atoms with Crippen molar-refractivity contribution in [1.82, 2.24) is 15.1 Å². The van der Waals surface area contributed by atoms with Crippen LogP contribution in [-0.4, -0.2) is 74.4 Å². The molecule has 0 aromatic rings. The van der Waals surface area contributed by atoms with Crippen LogP contribution in [0.2, 0.25) is 0 Å². The van der Waals surface area contributed by atoms with E-state index in [-0.39, 0.29) is 0 Å². The Balaban J connectivity index is 1.39. The molecule has 1 aliphatic carbocycles. The summed E-state index contributed by atoms with van der Waals surface area (Å²) in [5.41, 5.74) is 0. The molecule has 20 heavy (non-hydrogen) atoms. The van der Waals surface area contributed by atoms with Crippen molar-refractivity contribution in [2.45, 2.75) is 62.8 Å². The molecule has 116 valence electrons. The molecular formula is C16H31N3O. The molecule has 0 aromatic heterocycles. The van der Waals surface area contributed by atoms with Gasteiger partial charge in [-0.25, -0.2) is 0 Å². The first kappa shape index (κ1) is 14.8. The molecule has 2 saturated heterocycles. The van der Waals surface area contributed by atoms with Gasteiger partial charge in [-0.2, -0.15) is 0 Å². The summed E-state index contributed by atoms with van der Waals surface area (Å²) in [6.45, 7) is 4.68. The molecule has 0 radical (unpaired) electrons. The third-order valence-electron chi connectivity index (χ3n) is 4.92.